The number of rotatable bonds is 9. The molecule has 0 aromatic rings. The van der Waals surface area contributed by atoms with E-state index in [1.54, 1.807) is 23.6 Å². The van der Waals surface area contributed by atoms with Crippen molar-refractivity contribution in [1.82, 2.24) is 10.2 Å². The van der Waals surface area contributed by atoms with Crippen LogP contribution in [0.5, 0.6) is 0 Å². The summed E-state index contributed by atoms with van der Waals surface area (Å²) in [7, 11) is 0. The van der Waals surface area contributed by atoms with Crippen LogP contribution in [0.3, 0.4) is 0 Å². The lowest BCUT2D eigenvalue weighted by Gasteiger charge is -2.41. The van der Waals surface area contributed by atoms with Crippen LogP contribution in [0.1, 0.15) is 60.8 Å². The molecular weight excluding hydrogens is 416 g/mol. The van der Waals surface area contributed by atoms with Crippen molar-refractivity contribution in [2.24, 2.45) is 23.7 Å². The molecule has 0 aromatic heterocycles. The summed E-state index contributed by atoms with van der Waals surface area (Å²) < 4.78 is 4.69. The largest absolute Gasteiger partial charge is 0.466 e. The standard InChI is InChI=1S/C23H38N2O5S/c1-7-9-14(6)24-20(27)19-23-13(5)10-16(31-23)17(22(29)30-8-2)18(23)21(28)25(19)15(11-26)12(3)4/h12-19,26H,7-11H2,1-6H3,(H,24,27)/t13?,14?,15-,16-,17+,18-,19?,23?/m0/s1. The SMILES string of the molecule is CCCC(C)NC(=O)C1N([C@@H](CO)C(C)C)C(=O)[C@@H]2[C@H](C(=O)OCC)[C@@H]3CC(C)C12S3. The van der Waals surface area contributed by atoms with E-state index in [0.29, 0.717) is 0 Å². The minimum absolute atomic E-state index is 0.00343. The van der Waals surface area contributed by atoms with Gasteiger partial charge in [-0.3, -0.25) is 14.4 Å². The van der Waals surface area contributed by atoms with Crippen LogP contribution >= 0.6 is 11.8 Å². The normalized spacial score (nSPS) is 35.9. The Morgan fingerprint density at radius 1 is 1.32 bits per heavy atom. The average Bonchev–Trinajstić information content (AvgIpc) is 3.27. The number of ether oxygens (including phenoxy) is 1. The summed E-state index contributed by atoms with van der Waals surface area (Å²) in [6.07, 6.45) is 2.59. The molecule has 2 N–H and O–H groups in total. The third kappa shape index (κ3) is 3.77. The maximum atomic E-state index is 13.9. The van der Waals surface area contributed by atoms with Crippen molar-refractivity contribution in [2.75, 3.05) is 13.2 Å². The first-order chi connectivity index (χ1) is 14.6. The highest BCUT2D eigenvalue weighted by Gasteiger charge is 2.76. The molecule has 1 spiro atoms. The summed E-state index contributed by atoms with van der Waals surface area (Å²) >= 11 is 1.64. The molecule has 3 rings (SSSR count). The Bertz CT molecular complexity index is 716. The molecular formula is C23H38N2O5S. The molecule has 0 aliphatic carbocycles. The first-order valence-electron chi connectivity index (χ1n) is 11.7. The smallest absolute Gasteiger partial charge is 0.310 e. The van der Waals surface area contributed by atoms with E-state index in [2.05, 4.69) is 19.2 Å². The van der Waals surface area contributed by atoms with Crippen LogP contribution in [-0.4, -0.2) is 69.1 Å². The first kappa shape index (κ1) is 24.4. The lowest BCUT2D eigenvalue weighted by Crippen LogP contribution is -2.60. The topological polar surface area (TPSA) is 95.9 Å². The number of hydrogen-bond acceptors (Lipinski definition) is 6. The molecule has 0 radical (unpaired) electrons. The Morgan fingerprint density at radius 3 is 2.55 bits per heavy atom. The van der Waals surface area contributed by atoms with E-state index in [0.717, 1.165) is 19.3 Å². The molecule has 176 valence electrons. The second-order valence-electron chi connectivity index (χ2n) is 9.74. The van der Waals surface area contributed by atoms with E-state index in [1.165, 1.54) is 0 Å². The number of likely N-dealkylation sites (tertiary alicyclic amines) is 1. The third-order valence-electron chi connectivity index (χ3n) is 7.41. The van der Waals surface area contributed by atoms with Gasteiger partial charge in [-0.1, -0.05) is 34.1 Å². The molecule has 3 saturated heterocycles. The van der Waals surface area contributed by atoms with Gasteiger partial charge in [0.15, 0.2) is 0 Å². The number of aliphatic hydroxyl groups is 1. The van der Waals surface area contributed by atoms with Crippen LogP contribution < -0.4 is 5.32 Å². The minimum Gasteiger partial charge on any atom is -0.466 e. The van der Waals surface area contributed by atoms with Gasteiger partial charge in [-0.25, -0.2) is 0 Å². The molecule has 8 atom stereocenters. The number of hydrogen-bond donors (Lipinski definition) is 2. The minimum atomic E-state index is -0.701. The van der Waals surface area contributed by atoms with Crippen molar-refractivity contribution in [3.05, 3.63) is 0 Å². The van der Waals surface area contributed by atoms with Crippen molar-refractivity contribution in [3.8, 4) is 0 Å². The fourth-order valence-corrected chi connectivity index (χ4v) is 8.47. The molecule has 0 aromatic carbocycles. The Morgan fingerprint density at radius 2 is 2.00 bits per heavy atom. The van der Waals surface area contributed by atoms with Crippen LogP contribution in [0.15, 0.2) is 0 Å². The van der Waals surface area contributed by atoms with Gasteiger partial charge >= 0.3 is 5.97 Å². The molecule has 3 fully saturated rings. The van der Waals surface area contributed by atoms with Crippen molar-refractivity contribution in [1.29, 1.82) is 0 Å². The highest BCUT2D eigenvalue weighted by atomic mass is 32.2. The zero-order valence-corrected chi connectivity index (χ0v) is 20.4. The number of nitrogens with one attached hydrogen (secondary N) is 1. The number of carbonyl (C=O) groups excluding carboxylic acids is 3. The summed E-state index contributed by atoms with van der Waals surface area (Å²) in [6.45, 7) is 11.9. The summed E-state index contributed by atoms with van der Waals surface area (Å²) in [5.41, 5.74) is 0. The van der Waals surface area contributed by atoms with E-state index in [1.807, 2.05) is 20.8 Å². The van der Waals surface area contributed by atoms with Gasteiger partial charge < -0.3 is 20.1 Å². The van der Waals surface area contributed by atoms with Crippen molar-refractivity contribution in [2.45, 2.75) is 88.9 Å². The highest BCUT2D eigenvalue weighted by Crippen LogP contribution is 2.69. The predicted octanol–water partition coefficient (Wildman–Crippen LogP) is 2.21. The quantitative estimate of drug-likeness (QED) is 0.519. The molecule has 2 amide bonds. The molecule has 2 bridgehead atoms. The molecule has 3 heterocycles. The molecule has 3 aliphatic heterocycles. The van der Waals surface area contributed by atoms with Crippen LogP contribution in [0.25, 0.3) is 0 Å². The van der Waals surface area contributed by atoms with Gasteiger partial charge in [0, 0.05) is 11.3 Å². The zero-order chi connectivity index (χ0) is 23.1. The average molecular weight is 455 g/mol. The maximum Gasteiger partial charge on any atom is 0.310 e. The van der Waals surface area contributed by atoms with Gasteiger partial charge in [0.25, 0.3) is 0 Å². The zero-order valence-electron chi connectivity index (χ0n) is 19.6. The van der Waals surface area contributed by atoms with Crippen LogP contribution in [-0.2, 0) is 19.1 Å². The van der Waals surface area contributed by atoms with Gasteiger partial charge in [-0.2, -0.15) is 0 Å². The third-order valence-corrected chi connectivity index (χ3v) is 9.49. The first-order valence-corrected chi connectivity index (χ1v) is 12.6. The summed E-state index contributed by atoms with van der Waals surface area (Å²) in [5.74, 6) is -1.72. The Balaban J connectivity index is 2.07. The molecule has 4 unspecified atom stereocenters. The van der Waals surface area contributed by atoms with E-state index < -0.39 is 28.7 Å². The van der Waals surface area contributed by atoms with Gasteiger partial charge in [-0.15, -0.1) is 11.8 Å². The fourth-order valence-electron chi connectivity index (χ4n) is 6.07. The van der Waals surface area contributed by atoms with E-state index in [-0.39, 0.29) is 54.1 Å². The highest BCUT2D eigenvalue weighted by molar-refractivity contribution is 8.02. The number of fused-ring (bicyclic) bond motifs is 1. The van der Waals surface area contributed by atoms with Gasteiger partial charge in [0.1, 0.15) is 6.04 Å². The summed E-state index contributed by atoms with van der Waals surface area (Å²) in [5, 5.41) is 13.3. The number of esters is 1. The molecule has 7 nitrogen and oxygen atoms in total. The van der Waals surface area contributed by atoms with Crippen LogP contribution in [0.2, 0.25) is 0 Å². The second kappa shape index (κ2) is 9.30. The number of aliphatic hydroxyl groups excluding tert-OH is 1. The van der Waals surface area contributed by atoms with Crippen molar-refractivity contribution in [3.63, 3.8) is 0 Å². The molecule has 0 saturated carbocycles. The fraction of sp³-hybridized carbons (Fsp3) is 0.870. The summed E-state index contributed by atoms with van der Waals surface area (Å²) in [6, 6.07) is -1.18. The van der Waals surface area contributed by atoms with E-state index in [4.69, 9.17) is 4.74 Å². The van der Waals surface area contributed by atoms with Crippen LogP contribution in [0, 0.1) is 23.7 Å². The van der Waals surface area contributed by atoms with E-state index >= 15 is 0 Å². The lowest BCUT2D eigenvalue weighted by atomic mass is 9.66. The van der Waals surface area contributed by atoms with Gasteiger partial charge in [-0.05, 0) is 38.5 Å². The molecule has 3 aliphatic rings. The predicted molar refractivity (Wildman–Crippen MR) is 120 cm³/mol. The van der Waals surface area contributed by atoms with Gasteiger partial charge in [0.05, 0.1) is 35.8 Å². The number of thioether (sulfide) groups is 1. The monoisotopic (exact) mass is 454 g/mol. The Labute approximate surface area is 190 Å². The number of nitrogens with zero attached hydrogens (tertiary/aromatic N) is 1. The second-order valence-corrected chi connectivity index (χ2v) is 11.3. The van der Waals surface area contributed by atoms with Gasteiger partial charge in [0.2, 0.25) is 11.8 Å². The maximum absolute atomic E-state index is 13.9. The molecule has 31 heavy (non-hydrogen) atoms. The Hall–Kier alpha value is -1.28. The number of amides is 2. The van der Waals surface area contributed by atoms with E-state index in [9.17, 15) is 19.5 Å². The summed E-state index contributed by atoms with van der Waals surface area (Å²) in [4.78, 5) is 42.1. The van der Waals surface area contributed by atoms with Crippen LogP contribution in [0.4, 0.5) is 0 Å². The Kier molecular flexibility index (Phi) is 7.31. The van der Waals surface area contributed by atoms with Crippen molar-refractivity contribution < 1.29 is 24.2 Å². The number of carbonyl (C=O) groups is 3. The molecule has 8 heteroatoms. The lowest BCUT2D eigenvalue weighted by molar-refractivity contribution is -0.154. The van der Waals surface area contributed by atoms with Crippen molar-refractivity contribution >= 4 is 29.5 Å².